The van der Waals surface area contributed by atoms with Gasteiger partial charge in [-0.2, -0.15) is 0 Å². The SMILES string of the molecule is C=C(Cl)c1cncc(Cl)c1. The summed E-state index contributed by atoms with van der Waals surface area (Å²) in [4.78, 5) is 3.83. The summed E-state index contributed by atoms with van der Waals surface area (Å²) in [6.45, 7) is 3.53. The second-order valence-electron chi connectivity index (χ2n) is 1.80. The Hall–Kier alpha value is -0.530. The Morgan fingerprint density at radius 1 is 1.50 bits per heavy atom. The predicted molar refractivity (Wildman–Crippen MR) is 44.1 cm³/mol. The lowest BCUT2D eigenvalue weighted by atomic mass is 10.3. The highest BCUT2D eigenvalue weighted by atomic mass is 35.5. The van der Waals surface area contributed by atoms with E-state index in [9.17, 15) is 0 Å². The third-order valence-corrected chi connectivity index (χ3v) is 1.44. The quantitative estimate of drug-likeness (QED) is 0.637. The molecule has 3 heteroatoms. The highest BCUT2D eigenvalue weighted by Crippen LogP contribution is 2.18. The first kappa shape index (κ1) is 7.58. The summed E-state index contributed by atoms with van der Waals surface area (Å²) in [5.74, 6) is 0. The maximum absolute atomic E-state index is 5.63. The summed E-state index contributed by atoms with van der Waals surface area (Å²) in [6, 6.07) is 1.71. The van der Waals surface area contributed by atoms with Crippen LogP contribution in [0.25, 0.3) is 5.03 Å². The molecule has 0 amide bonds. The zero-order valence-corrected chi connectivity index (χ0v) is 6.65. The van der Waals surface area contributed by atoms with Crippen LogP contribution in [0.5, 0.6) is 0 Å². The van der Waals surface area contributed by atoms with Crippen LogP contribution in [-0.4, -0.2) is 4.98 Å². The predicted octanol–water partition coefficient (Wildman–Crippen LogP) is 2.94. The molecule has 10 heavy (non-hydrogen) atoms. The van der Waals surface area contributed by atoms with Crippen molar-refractivity contribution in [3.63, 3.8) is 0 Å². The number of pyridine rings is 1. The van der Waals surface area contributed by atoms with Crippen molar-refractivity contribution in [1.29, 1.82) is 0 Å². The van der Waals surface area contributed by atoms with E-state index in [0.29, 0.717) is 10.1 Å². The molecule has 0 fully saturated rings. The average molecular weight is 174 g/mol. The maximum atomic E-state index is 5.63. The number of hydrogen-bond donors (Lipinski definition) is 0. The van der Waals surface area contributed by atoms with Gasteiger partial charge in [0.2, 0.25) is 0 Å². The monoisotopic (exact) mass is 173 g/mol. The number of halogens is 2. The molecule has 52 valence electrons. The van der Waals surface area contributed by atoms with Crippen LogP contribution in [0.4, 0.5) is 0 Å². The second-order valence-corrected chi connectivity index (χ2v) is 2.69. The molecule has 0 N–H and O–H groups in total. The average Bonchev–Trinajstić information content (AvgIpc) is 1.88. The first-order chi connectivity index (χ1) is 4.70. The highest BCUT2D eigenvalue weighted by Gasteiger charge is 1.94. The molecule has 0 atom stereocenters. The Labute approximate surface area is 69.3 Å². The van der Waals surface area contributed by atoms with Gasteiger partial charge in [-0.25, -0.2) is 0 Å². The third-order valence-electron chi connectivity index (χ3n) is 1.02. The first-order valence-corrected chi connectivity index (χ1v) is 3.41. The molecule has 0 aliphatic carbocycles. The molecule has 0 aliphatic rings. The van der Waals surface area contributed by atoms with E-state index >= 15 is 0 Å². The lowest BCUT2D eigenvalue weighted by molar-refractivity contribution is 1.32. The summed E-state index contributed by atoms with van der Waals surface area (Å²) >= 11 is 11.2. The third kappa shape index (κ3) is 1.72. The minimum absolute atomic E-state index is 0.454. The standard InChI is InChI=1S/C7H5Cl2N/c1-5(8)6-2-7(9)4-10-3-6/h2-4H,1H2. The van der Waals surface area contributed by atoms with Crippen molar-refractivity contribution >= 4 is 28.2 Å². The van der Waals surface area contributed by atoms with Gasteiger partial charge in [0, 0.05) is 23.0 Å². The van der Waals surface area contributed by atoms with Gasteiger partial charge >= 0.3 is 0 Å². The Bertz CT molecular complexity index is 258. The van der Waals surface area contributed by atoms with Crippen molar-refractivity contribution in [3.8, 4) is 0 Å². The van der Waals surface area contributed by atoms with E-state index in [1.807, 2.05) is 0 Å². The van der Waals surface area contributed by atoms with E-state index in [4.69, 9.17) is 23.2 Å². The number of nitrogens with zero attached hydrogens (tertiary/aromatic N) is 1. The molecule has 0 unspecified atom stereocenters. The van der Waals surface area contributed by atoms with E-state index in [1.54, 1.807) is 18.5 Å². The van der Waals surface area contributed by atoms with E-state index in [-0.39, 0.29) is 0 Å². The van der Waals surface area contributed by atoms with E-state index in [1.165, 1.54) is 0 Å². The smallest absolute Gasteiger partial charge is 0.0595 e. The van der Waals surface area contributed by atoms with E-state index < -0.39 is 0 Å². The van der Waals surface area contributed by atoms with Gasteiger partial charge in [0.15, 0.2) is 0 Å². The molecule has 0 bridgehead atoms. The minimum Gasteiger partial charge on any atom is -0.262 e. The molecular weight excluding hydrogens is 169 g/mol. The summed E-state index contributed by atoms with van der Waals surface area (Å²) in [6.07, 6.45) is 3.16. The Morgan fingerprint density at radius 2 is 2.20 bits per heavy atom. The fourth-order valence-corrected chi connectivity index (χ4v) is 0.837. The molecular formula is C7H5Cl2N. The molecule has 0 spiro atoms. The summed E-state index contributed by atoms with van der Waals surface area (Å²) < 4.78 is 0. The zero-order chi connectivity index (χ0) is 7.56. The van der Waals surface area contributed by atoms with Gasteiger partial charge in [-0.1, -0.05) is 29.8 Å². The van der Waals surface area contributed by atoms with Gasteiger partial charge in [-0.15, -0.1) is 0 Å². The van der Waals surface area contributed by atoms with E-state index in [0.717, 1.165) is 5.56 Å². The summed E-state index contributed by atoms with van der Waals surface area (Å²) in [7, 11) is 0. The number of hydrogen-bond acceptors (Lipinski definition) is 1. The fourth-order valence-electron chi connectivity index (χ4n) is 0.560. The number of rotatable bonds is 1. The Balaban J connectivity index is 3.07. The second kappa shape index (κ2) is 3.04. The lowest BCUT2D eigenvalue weighted by Crippen LogP contribution is -1.77. The van der Waals surface area contributed by atoms with Gasteiger partial charge in [0.25, 0.3) is 0 Å². The van der Waals surface area contributed by atoms with Gasteiger partial charge in [-0.3, -0.25) is 4.98 Å². The molecule has 0 saturated heterocycles. The van der Waals surface area contributed by atoms with Crippen LogP contribution in [0.15, 0.2) is 25.0 Å². The van der Waals surface area contributed by atoms with Crippen LogP contribution in [0, 0.1) is 0 Å². The van der Waals surface area contributed by atoms with Crippen LogP contribution in [0.3, 0.4) is 0 Å². The Morgan fingerprint density at radius 3 is 2.60 bits per heavy atom. The first-order valence-electron chi connectivity index (χ1n) is 2.65. The molecule has 0 aliphatic heterocycles. The van der Waals surface area contributed by atoms with Crippen molar-refractivity contribution < 1.29 is 0 Å². The van der Waals surface area contributed by atoms with Gasteiger partial charge in [0.05, 0.1) is 5.02 Å². The van der Waals surface area contributed by atoms with Crippen molar-refractivity contribution in [2.75, 3.05) is 0 Å². The topological polar surface area (TPSA) is 12.9 Å². The van der Waals surface area contributed by atoms with Crippen LogP contribution in [0.1, 0.15) is 5.56 Å². The molecule has 1 rings (SSSR count). The normalized spacial score (nSPS) is 9.40. The molecule has 1 aromatic rings. The van der Waals surface area contributed by atoms with E-state index in [2.05, 4.69) is 11.6 Å². The van der Waals surface area contributed by atoms with Gasteiger partial charge in [0.1, 0.15) is 0 Å². The van der Waals surface area contributed by atoms with Gasteiger partial charge < -0.3 is 0 Å². The molecule has 0 saturated carbocycles. The Kier molecular flexibility index (Phi) is 2.30. The summed E-state index contributed by atoms with van der Waals surface area (Å²) in [5.41, 5.74) is 0.758. The van der Waals surface area contributed by atoms with Crippen molar-refractivity contribution in [2.24, 2.45) is 0 Å². The maximum Gasteiger partial charge on any atom is 0.0595 e. The molecule has 1 nitrogen and oxygen atoms in total. The van der Waals surface area contributed by atoms with Crippen LogP contribution < -0.4 is 0 Å². The van der Waals surface area contributed by atoms with Crippen LogP contribution >= 0.6 is 23.2 Å². The lowest BCUT2D eigenvalue weighted by Gasteiger charge is -1.94. The summed E-state index contributed by atoms with van der Waals surface area (Å²) in [5, 5.41) is 1.02. The van der Waals surface area contributed by atoms with Crippen LogP contribution in [0.2, 0.25) is 5.02 Å². The largest absolute Gasteiger partial charge is 0.262 e. The molecule has 0 aromatic carbocycles. The van der Waals surface area contributed by atoms with Crippen molar-refractivity contribution in [2.45, 2.75) is 0 Å². The van der Waals surface area contributed by atoms with Crippen LogP contribution in [-0.2, 0) is 0 Å². The van der Waals surface area contributed by atoms with Gasteiger partial charge in [-0.05, 0) is 6.07 Å². The fraction of sp³-hybridized carbons (Fsp3) is 0. The van der Waals surface area contributed by atoms with Crippen molar-refractivity contribution in [3.05, 3.63) is 35.6 Å². The number of aromatic nitrogens is 1. The highest BCUT2D eigenvalue weighted by molar-refractivity contribution is 6.48. The molecule has 1 aromatic heterocycles. The minimum atomic E-state index is 0.454. The molecule has 0 radical (unpaired) electrons. The molecule has 1 heterocycles. The zero-order valence-electron chi connectivity index (χ0n) is 5.14. The van der Waals surface area contributed by atoms with Crippen molar-refractivity contribution in [1.82, 2.24) is 4.98 Å².